The van der Waals surface area contributed by atoms with E-state index in [-0.39, 0.29) is 17.7 Å². The molecule has 0 aliphatic rings. The zero-order chi connectivity index (χ0) is 23.8. The molecule has 0 radical (unpaired) electrons. The number of ketones is 1. The number of nitrogens with two attached hydrogens (primary N) is 1. The van der Waals surface area contributed by atoms with E-state index in [1.165, 1.54) is 82.1 Å². The Hall–Kier alpha value is -1.83. The monoisotopic (exact) mass is 450 g/mol. The Labute approximate surface area is 192 Å². The van der Waals surface area contributed by atoms with Crippen LogP contribution < -0.4 is 5.73 Å². The maximum Gasteiger partial charge on any atom is 0.269 e. The first kappa shape index (κ1) is 28.2. The van der Waals surface area contributed by atoms with Crippen molar-refractivity contribution in [3.63, 3.8) is 0 Å². The zero-order valence-corrected chi connectivity index (χ0v) is 19.6. The van der Waals surface area contributed by atoms with Crippen molar-refractivity contribution >= 4 is 11.5 Å². The van der Waals surface area contributed by atoms with Crippen LogP contribution in [0.25, 0.3) is 0 Å². The molecule has 182 valence electrons. The van der Waals surface area contributed by atoms with Gasteiger partial charge in [-0.3, -0.25) is 14.9 Å². The Kier molecular flexibility index (Phi) is 14.0. The first-order valence-electron chi connectivity index (χ1n) is 12.2. The summed E-state index contributed by atoms with van der Waals surface area (Å²) in [6, 6.07) is 3.91. The molecule has 4 N–H and O–H groups in total. The minimum absolute atomic E-state index is 0.141. The molecule has 2 unspecified atom stereocenters. The van der Waals surface area contributed by atoms with Gasteiger partial charge in [0.15, 0.2) is 11.4 Å². The zero-order valence-electron chi connectivity index (χ0n) is 19.6. The molecule has 0 saturated carbocycles. The van der Waals surface area contributed by atoms with Crippen molar-refractivity contribution in [2.75, 3.05) is 6.61 Å². The Bertz CT molecular complexity index is 665. The van der Waals surface area contributed by atoms with Crippen LogP contribution in [0.3, 0.4) is 0 Å². The Balaban J connectivity index is 2.34. The van der Waals surface area contributed by atoms with Crippen LogP contribution in [0.15, 0.2) is 24.3 Å². The van der Waals surface area contributed by atoms with Gasteiger partial charge in [0.2, 0.25) is 0 Å². The molecule has 0 aliphatic carbocycles. The van der Waals surface area contributed by atoms with E-state index in [0.29, 0.717) is 6.42 Å². The van der Waals surface area contributed by atoms with Crippen molar-refractivity contribution in [1.82, 2.24) is 0 Å². The average molecular weight is 451 g/mol. The number of aliphatic hydroxyl groups excluding tert-OH is 1. The van der Waals surface area contributed by atoms with Gasteiger partial charge >= 0.3 is 0 Å². The molecule has 0 fully saturated rings. The summed E-state index contributed by atoms with van der Waals surface area (Å²) in [4.78, 5) is 23.1. The lowest BCUT2D eigenvalue weighted by Crippen LogP contribution is -2.53. The fraction of sp³-hybridized carbons (Fsp3) is 0.720. The smallest absolute Gasteiger partial charge is 0.269 e. The summed E-state index contributed by atoms with van der Waals surface area (Å²) >= 11 is 0. The van der Waals surface area contributed by atoms with Crippen LogP contribution in [0.4, 0.5) is 5.69 Å². The lowest BCUT2D eigenvalue weighted by atomic mass is 9.81. The van der Waals surface area contributed by atoms with Crippen molar-refractivity contribution in [3.05, 3.63) is 39.9 Å². The van der Waals surface area contributed by atoms with Crippen LogP contribution in [0.2, 0.25) is 0 Å². The van der Waals surface area contributed by atoms with Gasteiger partial charge in [-0.2, -0.15) is 0 Å². The van der Waals surface area contributed by atoms with Crippen molar-refractivity contribution < 1.29 is 19.9 Å². The molecule has 1 aromatic rings. The number of rotatable bonds is 19. The van der Waals surface area contributed by atoms with Gasteiger partial charge in [-0.05, 0) is 24.1 Å². The average Bonchev–Trinajstić information content (AvgIpc) is 2.80. The van der Waals surface area contributed by atoms with E-state index in [9.17, 15) is 25.1 Å². The SMILES string of the molecule is CCCCCCCCCCCCCCCC(=O)C(O)(c1ccc([N+](=O)[O-])cc1)C(N)CO. The maximum atomic E-state index is 12.8. The van der Waals surface area contributed by atoms with Crippen molar-refractivity contribution in [2.24, 2.45) is 5.73 Å². The summed E-state index contributed by atoms with van der Waals surface area (Å²) in [7, 11) is 0. The van der Waals surface area contributed by atoms with E-state index in [2.05, 4.69) is 6.92 Å². The molecule has 7 nitrogen and oxygen atoms in total. The summed E-state index contributed by atoms with van der Waals surface area (Å²) in [5.74, 6) is -0.462. The number of nitro benzene ring substituents is 1. The molecule has 0 amide bonds. The van der Waals surface area contributed by atoms with Gasteiger partial charge in [-0.15, -0.1) is 0 Å². The number of carbonyl (C=O) groups is 1. The van der Waals surface area contributed by atoms with Crippen molar-refractivity contribution in [2.45, 2.75) is 108 Å². The van der Waals surface area contributed by atoms with E-state index < -0.39 is 29.0 Å². The van der Waals surface area contributed by atoms with E-state index in [1.54, 1.807) is 0 Å². The highest BCUT2D eigenvalue weighted by Gasteiger charge is 2.42. The van der Waals surface area contributed by atoms with Crippen LogP contribution >= 0.6 is 0 Å². The van der Waals surface area contributed by atoms with E-state index in [0.717, 1.165) is 19.3 Å². The Morgan fingerprint density at radius 1 is 0.938 bits per heavy atom. The molecule has 0 heterocycles. The van der Waals surface area contributed by atoms with E-state index in [1.807, 2.05) is 0 Å². The fourth-order valence-corrected chi connectivity index (χ4v) is 4.05. The second kappa shape index (κ2) is 15.9. The molecular weight excluding hydrogens is 408 g/mol. The van der Waals surface area contributed by atoms with Gasteiger partial charge in [-0.25, -0.2) is 0 Å². The fourth-order valence-electron chi connectivity index (χ4n) is 4.05. The number of aliphatic hydroxyl groups is 2. The van der Waals surface area contributed by atoms with Gasteiger partial charge in [0.25, 0.3) is 5.69 Å². The number of Topliss-reactive ketones (excluding diaryl/α,β-unsaturated/α-hetero) is 1. The normalized spacial score (nSPS) is 14.1. The van der Waals surface area contributed by atoms with Crippen molar-refractivity contribution in [3.8, 4) is 0 Å². The minimum Gasteiger partial charge on any atom is -0.395 e. The van der Waals surface area contributed by atoms with Crippen LogP contribution in [-0.4, -0.2) is 33.6 Å². The number of non-ortho nitro benzene ring substituents is 1. The summed E-state index contributed by atoms with van der Waals surface area (Å²) in [6.45, 7) is 1.66. The molecule has 0 spiro atoms. The highest BCUT2D eigenvalue weighted by molar-refractivity contribution is 5.89. The number of hydrogen-bond donors (Lipinski definition) is 3. The molecule has 2 atom stereocenters. The first-order valence-corrected chi connectivity index (χ1v) is 12.2. The molecule has 1 aromatic carbocycles. The summed E-state index contributed by atoms with van der Waals surface area (Å²) in [5, 5.41) is 31.3. The minimum atomic E-state index is -2.05. The lowest BCUT2D eigenvalue weighted by molar-refractivity contribution is -0.384. The number of benzene rings is 1. The summed E-state index contributed by atoms with van der Waals surface area (Å²) in [5.41, 5.74) is 3.85. The predicted molar refractivity (Wildman–Crippen MR) is 127 cm³/mol. The molecule has 0 saturated heterocycles. The largest absolute Gasteiger partial charge is 0.395 e. The Morgan fingerprint density at radius 2 is 1.38 bits per heavy atom. The molecule has 7 heteroatoms. The maximum absolute atomic E-state index is 12.8. The summed E-state index contributed by atoms with van der Waals surface area (Å²) < 4.78 is 0. The third-order valence-corrected chi connectivity index (χ3v) is 6.18. The predicted octanol–water partition coefficient (Wildman–Crippen LogP) is 5.15. The third-order valence-electron chi connectivity index (χ3n) is 6.18. The van der Waals surface area contributed by atoms with Gasteiger partial charge in [0.05, 0.1) is 17.6 Å². The molecular formula is C25H42N2O5. The van der Waals surface area contributed by atoms with Gasteiger partial charge in [-0.1, -0.05) is 84.0 Å². The van der Waals surface area contributed by atoms with Gasteiger partial charge in [0.1, 0.15) is 0 Å². The molecule has 0 bridgehead atoms. The highest BCUT2D eigenvalue weighted by atomic mass is 16.6. The van der Waals surface area contributed by atoms with E-state index >= 15 is 0 Å². The second-order valence-corrected chi connectivity index (χ2v) is 8.78. The second-order valence-electron chi connectivity index (χ2n) is 8.78. The van der Waals surface area contributed by atoms with Crippen molar-refractivity contribution in [1.29, 1.82) is 0 Å². The summed E-state index contributed by atoms with van der Waals surface area (Å²) in [6.07, 6.45) is 15.7. The van der Waals surface area contributed by atoms with Crippen LogP contribution in [0.5, 0.6) is 0 Å². The molecule has 0 aromatic heterocycles. The van der Waals surface area contributed by atoms with E-state index in [4.69, 9.17) is 5.73 Å². The Morgan fingerprint density at radius 3 is 1.78 bits per heavy atom. The number of hydrogen-bond acceptors (Lipinski definition) is 6. The quantitative estimate of drug-likeness (QED) is 0.152. The molecule has 0 aliphatic heterocycles. The molecule has 1 rings (SSSR count). The molecule has 32 heavy (non-hydrogen) atoms. The highest BCUT2D eigenvalue weighted by Crippen LogP contribution is 2.29. The number of carbonyl (C=O) groups excluding carboxylic acids is 1. The number of unbranched alkanes of at least 4 members (excludes halogenated alkanes) is 12. The van der Waals surface area contributed by atoms with Crippen LogP contribution in [0.1, 0.15) is 102 Å². The van der Waals surface area contributed by atoms with Gasteiger partial charge < -0.3 is 15.9 Å². The van der Waals surface area contributed by atoms with Gasteiger partial charge in [0, 0.05) is 18.6 Å². The number of nitrogens with zero attached hydrogens (tertiary/aromatic N) is 1. The standard InChI is InChI=1S/C25H42N2O5/c1-2-3-4-5-6-7-8-9-10-11-12-13-14-15-24(29)25(30,23(26)20-28)21-16-18-22(19-17-21)27(31)32/h16-19,23,28,30H,2-15,20,26H2,1H3. The lowest BCUT2D eigenvalue weighted by Gasteiger charge is -2.32. The topological polar surface area (TPSA) is 127 Å². The van der Waals surface area contributed by atoms with Crippen LogP contribution in [0, 0.1) is 10.1 Å². The van der Waals surface area contributed by atoms with Crippen LogP contribution in [-0.2, 0) is 10.4 Å². The third kappa shape index (κ3) is 9.35. The first-order chi connectivity index (χ1) is 15.4. The number of nitro groups is 1.